The number of aromatic nitrogens is 4. The first kappa shape index (κ1) is 17.9. The van der Waals surface area contributed by atoms with Crippen LogP contribution >= 0.6 is 0 Å². The number of rotatable bonds is 5. The number of hydrogen-bond acceptors (Lipinski definition) is 5. The van der Waals surface area contributed by atoms with Crippen molar-refractivity contribution in [3.63, 3.8) is 0 Å². The molecule has 0 bridgehead atoms. The lowest BCUT2D eigenvalue weighted by Gasteiger charge is -2.11. The molecule has 0 unspecified atom stereocenters. The zero-order valence-electron chi connectivity index (χ0n) is 15.0. The summed E-state index contributed by atoms with van der Waals surface area (Å²) >= 11 is 0. The molecule has 7 nitrogen and oxygen atoms in total. The van der Waals surface area contributed by atoms with E-state index in [0.717, 1.165) is 17.0 Å². The molecule has 0 aliphatic rings. The van der Waals surface area contributed by atoms with E-state index in [2.05, 4.69) is 20.4 Å². The topological polar surface area (TPSA) is 98.2 Å². The van der Waals surface area contributed by atoms with Crippen molar-refractivity contribution in [2.45, 2.75) is 40.2 Å². The second-order valence-electron chi connectivity index (χ2n) is 6.21. The second kappa shape index (κ2) is 7.17. The Morgan fingerprint density at radius 3 is 2.73 bits per heavy atom. The Hall–Kier alpha value is -2.87. The minimum atomic E-state index is -0.323. The van der Waals surface area contributed by atoms with Crippen LogP contribution < -0.4 is 11.1 Å². The second-order valence-corrected chi connectivity index (χ2v) is 6.21. The van der Waals surface area contributed by atoms with Gasteiger partial charge in [-0.3, -0.25) is 4.79 Å². The first-order valence-electron chi connectivity index (χ1n) is 8.37. The molecule has 3 N–H and O–H groups in total. The molecular formula is C18H21FN6O. The molecule has 136 valence electrons. The van der Waals surface area contributed by atoms with Crippen molar-refractivity contribution in [1.82, 2.24) is 19.6 Å². The summed E-state index contributed by atoms with van der Waals surface area (Å²) in [6.07, 6.45) is 0.800. The molecule has 0 fully saturated rings. The van der Waals surface area contributed by atoms with E-state index in [-0.39, 0.29) is 24.7 Å². The van der Waals surface area contributed by atoms with Gasteiger partial charge >= 0.3 is 0 Å². The average molecular weight is 356 g/mol. The van der Waals surface area contributed by atoms with Crippen molar-refractivity contribution in [3.8, 4) is 0 Å². The number of nitrogens with two attached hydrogens (primary N) is 1. The fourth-order valence-electron chi connectivity index (χ4n) is 2.92. The quantitative estimate of drug-likeness (QED) is 0.730. The van der Waals surface area contributed by atoms with Crippen LogP contribution in [0.3, 0.4) is 0 Å². The number of amides is 1. The summed E-state index contributed by atoms with van der Waals surface area (Å²) in [4.78, 5) is 21.0. The maximum atomic E-state index is 13.2. The minimum Gasteiger partial charge on any atom is -0.326 e. The highest BCUT2D eigenvalue weighted by Gasteiger charge is 2.14. The normalized spacial score (nSPS) is 11.1. The van der Waals surface area contributed by atoms with Gasteiger partial charge in [0, 0.05) is 23.5 Å². The molecule has 1 aromatic carbocycles. The van der Waals surface area contributed by atoms with Crippen LogP contribution in [-0.4, -0.2) is 25.5 Å². The largest absolute Gasteiger partial charge is 0.326 e. The lowest BCUT2D eigenvalue weighted by atomic mass is 10.1. The van der Waals surface area contributed by atoms with Gasteiger partial charge in [0.2, 0.25) is 5.91 Å². The number of halogens is 1. The van der Waals surface area contributed by atoms with Gasteiger partial charge in [0.1, 0.15) is 5.82 Å². The third-order valence-corrected chi connectivity index (χ3v) is 4.34. The van der Waals surface area contributed by atoms with E-state index >= 15 is 0 Å². The van der Waals surface area contributed by atoms with Crippen LogP contribution in [0.1, 0.15) is 34.8 Å². The highest BCUT2D eigenvalue weighted by molar-refractivity contribution is 5.91. The van der Waals surface area contributed by atoms with E-state index < -0.39 is 0 Å². The molecule has 2 aromatic heterocycles. The van der Waals surface area contributed by atoms with Crippen LogP contribution in [0.5, 0.6) is 0 Å². The molecule has 0 aliphatic carbocycles. The lowest BCUT2D eigenvalue weighted by Crippen LogP contribution is -2.15. The summed E-state index contributed by atoms with van der Waals surface area (Å²) in [6.45, 7) is 5.82. The van der Waals surface area contributed by atoms with Crippen LogP contribution in [0.2, 0.25) is 0 Å². The highest BCUT2D eigenvalue weighted by Crippen LogP contribution is 2.18. The first-order chi connectivity index (χ1) is 12.4. The number of nitrogens with zero attached hydrogens (tertiary/aromatic N) is 4. The smallest absolute Gasteiger partial charge is 0.252 e. The van der Waals surface area contributed by atoms with Crippen LogP contribution in [0.4, 0.5) is 10.1 Å². The number of fused-ring (bicyclic) bond motifs is 1. The number of carbonyl (C=O) groups excluding carboxylic acids is 1. The molecule has 0 saturated heterocycles. The molecule has 26 heavy (non-hydrogen) atoms. The number of anilines is 1. The summed E-state index contributed by atoms with van der Waals surface area (Å²) in [5, 5.41) is 7.15. The van der Waals surface area contributed by atoms with Gasteiger partial charge in [-0.15, -0.1) is 5.10 Å². The molecule has 3 rings (SSSR count). The minimum absolute atomic E-state index is 0.139. The Labute approximate surface area is 150 Å². The maximum Gasteiger partial charge on any atom is 0.252 e. The molecule has 0 saturated carbocycles. The highest BCUT2D eigenvalue weighted by atomic mass is 19.1. The molecular weight excluding hydrogens is 335 g/mol. The molecule has 0 aliphatic heterocycles. The third kappa shape index (κ3) is 3.55. The van der Waals surface area contributed by atoms with E-state index in [4.69, 9.17) is 5.73 Å². The van der Waals surface area contributed by atoms with E-state index in [1.807, 2.05) is 13.8 Å². The Morgan fingerprint density at radius 2 is 2.04 bits per heavy atom. The molecule has 0 atom stereocenters. The monoisotopic (exact) mass is 356 g/mol. The van der Waals surface area contributed by atoms with Gasteiger partial charge in [-0.25, -0.2) is 13.9 Å². The summed E-state index contributed by atoms with van der Waals surface area (Å²) in [5.74, 6) is 0.577. The third-order valence-electron chi connectivity index (χ3n) is 4.34. The molecule has 2 heterocycles. The molecule has 8 heteroatoms. The number of aryl methyl sites for hydroxylation is 3. The zero-order valence-corrected chi connectivity index (χ0v) is 15.0. The SMILES string of the molecule is Cc1cc(F)ccc1NC(=O)CCc1c(C)nc2nc(CN)nn2c1C. The van der Waals surface area contributed by atoms with Crippen molar-refractivity contribution >= 4 is 17.4 Å². The average Bonchev–Trinajstić information content (AvgIpc) is 3.00. The Morgan fingerprint density at radius 1 is 1.27 bits per heavy atom. The van der Waals surface area contributed by atoms with E-state index in [0.29, 0.717) is 29.3 Å². The summed E-state index contributed by atoms with van der Waals surface area (Å²) in [6, 6.07) is 4.28. The maximum absolute atomic E-state index is 13.2. The standard InChI is InChI=1S/C18H21FN6O/c1-10-8-13(19)4-6-15(10)22-17(26)7-5-14-11(2)21-18-23-16(9-20)24-25(18)12(14)3/h4,6,8H,5,7,9,20H2,1-3H3,(H,22,26). The van der Waals surface area contributed by atoms with Gasteiger partial charge in [-0.2, -0.15) is 4.98 Å². The van der Waals surface area contributed by atoms with Crippen molar-refractivity contribution in [2.75, 3.05) is 5.32 Å². The predicted molar refractivity (Wildman–Crippen MR) is 96.2 cm³/mol. The van der Waals surface area contributed by atoms with Gasteiger partial charge < -0.3 is 11.1 Å². The number of hydrogen-bond donors (Lipinski definition) is 2. The lowest BCUT2D eigenvalue weighted by molar-refractivity contribution is -0.116. The van der Waals surface area contributed by atoms with Gasteiger partial charge in [0.15, 0.2) is 5.82 Å². The molecule has 0 spiro atoms. The molecule has 3 aromatic rings. The van der Waals surface area contributed by atoms with Gasteiger partial charge in [0.25, 0.3) is 5.78 Å². The Kier molecular flexibility index (Phi) is 4.94. The van der Waals surface area contributed by atoms with Crippen molar-refractivity contribution in [2.24, 2.45) is 5.73 Å². The first-order valence-corrected chi connectivity index (χ1v) is 8.37. The Bertz CT molecular complexity index is 981. The molecule has 1 amide bonds. The van der Waals surface area contributed by atoms with Gasteiger partial charge in [0.05, 0.1) is 6.54 Å². The van der Waals surface area contributed by atoms with Crippen molar-refractivity contribution < 1.29 is 9.18 Å². The number of benzene rings is 1. The Balaban J connectivity index is 1.75. The summed E-state index contributed by atoms with van der Waals surface area (Å²) in [5.41, 5.74) is 9.56. The number of carbonyl (C=O) groups is 1. The van der Waals surface area contributed by atoms with Gasteiger partial charge in [-0.1, -0.05) is 0 Å². The summed E-state index contributed by atoms with van der Waals surface area (Å²) in [7, 11) is 0. The number of nitrogens with one attached hydrogen (secondary N) is 1. The van der Waals surface area contributed by atoms with Gasteiger partial charge in [-0.05, 0) is 56.5 Å². The van der Waals surface area contributed by atoms with Crippen LogP contribution in [-0.2, 0) is 17.8 Å². The van der Waals surface area contributed by atoms with E-state index in [1.165, 1.54) is 12.1 Å². The molecule has 0 radical (unpaired) electrons. The van der Waals surface area contributed by atoms with E-state index in [9.17, 15) is 9.18 Å². The van der Waals surface area contributed by atoms with Crippen molar-refractivity contribution in [3.05, 3.63) is 52.4 Å². The van der Waals surface area contributed by atoms with E-state index in [1.54, 1.807) is 17.5 Å². The summed E-state index contributed by atoms with van der Waals surface area (Å²) < 4.78 is 14.8. The van der Waals surface area contributed by atoms with Crippen LogP contribution in [0.25, 0.3) is 5.78 Å². The predicted octanol–water partition coefficient (Wildman–Crippen LogP) is 2.22. The van der Waals surface area contributed by atoms with Crippen LogP contribution in [0, 0.1) is 26.6 Å². The fraction of sp³-hybridized carbons (Fsp3) is 0.333. The van der Waals surface area contributed by atoms with Crippen LogP contribution in [0.15, 0.2) is 18.2 Å². The fourth-order valence-corrected chi connectivity index (χ4v) is 2.92. The van der Waals surface area contributed by atoms with Crippen molar-refractivity contribution in [1.29, 1.82) is 0 Å². The zero-order chi connectivity index (χ0) is 18.8.